The minimum atomic E-state index is -0.111. The number of fused-ring (bicyclic) bond motifs is 4. The van der Waals surface area contributed by atoms with Gasteiger partial charge in [0.25, 0.3) is 5.91 Å². The molecule has 2 fully saturated rings. The van der Waals surface area contributed by atoms with Gasteiger partial charge in [-0.3, -0.25) is 9.69 Å². The fourth-order valence-corrected chi connectivity index (χ4v) is 6.31. The molecule has 35 heavy (non-hydrogen) atoms. The van der Waals surface area contributed by atoms with Crippen LogP contribution in [-0.2, 0) is 6.42 Å². The highest BCUT2D eigenvalue weighted by Crippen LogP contribution is 2.47. The van der Waals surface area contributed by atoms with Crippen LogP contribution in [0, 0.1) is 5.92 Å². The summed E-state index contributed by atoms with van der Waals surface area (Å²) in [6.45, 7) is 10.2. The monoisotopic (exact) mass is 477 g/mol. The van der Waals surface area contributed by atoms with E-state index in [0.29, 0.717) is 42.2 Å². The third-order valence-corrected chi connectivity index (χ3v) is 7.95. The second kappa shape index (κ2) is 10.6. The van der Waals surface area contributed by atoms with E-state index in [1.165, 1.54) is 18.4 Å². The van der Waals surface area contributed by atoms with Crippen molar-refractivity contribution in [2.75, 3.05) is 32.8 Å². The summed E-state index contributed by atoms with van der Waals surface area (Å²) in [6, 6.07) is 12.9. The first-order valence-corrected chi connectivity index (χ1v) is 13.4. The van der Waals surface area contributed by atoms with Crippen molar-refractivity contribution < 1.29 is 14.3 Å². The largest absolute Gasteiger partial charge is 0.490 e. The van der Waals surface area contributed by atoms with E-state index in [1.807, 2.05) is 39.0 Å². The molecule has 3 aliphatic heterocycles. The molecule has 2 N–H and O–H groups in total. The number of hydrogen-bond acceptors (Lipinski definition) is 5. The second-order valence-electron chi connectivity index (χ2n) is 10.1. The molecule has 6 heteroatoms. The van der Waals surface area contributed by atoms with Crippen molar-refractivity contribution in [2.45, 2.75) is 64.6 Å². The number of nitrogens with zero attached hydrogens (tertiary/aromatic N) is 1. The van der Waals surface area contributed by atoms with Gasteiger partial charge in [-0.15, -0.1) is 0 Å². The molecule has 3 heterocycles. The molecule has 3 aliphatic rings. The number of rotatable bonds is 7. The first-order valence-electron chi connectivity index (χ1n) is 13.4. The molecule has 2 aromatic rings. The van der Waals surface area contributed by atoms with E-state index < -0.39 is 0 Å². The van der Waals surface area contributed by atoms with Gasteiger partial charge in [-0.25, -0.2) is 0 Å². The Balaban J connectivity index is 1.57. The minimum absolute atomic E-state index is 0.0804. The highest BCUT2D eigenvalue weighted by Gasteiger charge is 2.42. The van der Waals surface area contributed by atoms with Crippen LogP contribution in [0.15, 0.2) is 36.4 Å². The Kier molecular flexibility index (Phi) is 7.30. The van der Waals surface area contributed by atoms with E-state index in [1.54, 1.807) is 0 Å². The topological polar surface area (TPSA) is 62.8 Å². The molecule has 0 aromatic heterocycles. The first kappa shape index (κ1) is 24.1. The van der Waals surface area contributed by atoms with E-state index in [-0.39, 0.29) is 18.0 Å². The number of carbonyl (C=O) groups is 1. The zero-order chi connectivity index (χ0) is 24.4. The summed E-state index contributed by atoms with van der Waals surface area (Å²) in [7, 11) is 0. The molecule has 1 unspecified atom stereocenters. The fourth-order valence-electron chi connectivity index (χ4n) is 6.31. The maximum atomic E-state index is 14.0. The highest BCUT2D eigenvalue weighted by atomic mass is 16.5. The number of carbonyl (C=O) groups excluding carboxylic acids is 1. The molecule has 1 amide bonds. The SMILES string of the molecule is CCOc1cc2c(c(C(=O)NC(C)c3ccccc3)c1OCC)[C@H]1C[C@@H]3NCCC[C@@H]3CN1CC2. The summed E-state index contributed by atoms with van der Waals surface area (Å²) in [5.41, 5.74) is 4.12. The molecule has 4 atom stereocenters. The molecule has 0 radical (unpaired) electrons. The quantitative estimate of drug-likeness (QED) is 0.608. The van der Waals surface area contributed by atoms with Crippen LogP contribution in [0.25, 0.3) is 0 Å². The molecule has 188 valence electrons. The van der Waals surface area contributed by atoms with Crippen molar-refractivity contribution in [2.24, 2.45) is 5.92 Å². The molecule has 0 spiro atoms. The van der Waals surface area contributed by atoms with Crippen molar-refractivity contribution in [1.29, 1.82) is 0 Å². The molecule has 5 rings (SSSR count). The third kappa shape index (κ3) is 4.78. The number of ether oxygens (including phenoxy) is 2. The Morgan fingerprint density at radius 1 is 1.20 bits per heavy atom. The Bertz CT molecular complexity index is 1040. The van der Waals surface area contributed by atoms with Gasteiger partial charge in [0.1, 0.15) is 0 Å². The Morgan fingerprint density at radius 2 is 2.00 bits per heavy atom. The van der Waals surface area contributed by atoms with E-state index in [2.05, 4.69) is 33.7 Å². The number of amides is 1. The summed E-state index contributed by atoms with van der Waals surface area (Å²) < 4.78 is 12.2. The molecular formula is C29H39N3O3. The van der Waals surface area contributed by atoms with Gasteiger partial charge in [-0.2, -0.15) is 0 Å². The summed E-state index contributed by atoms with van der Waals surface area (Å²) in [6.07, 6.45) is 4.51. The summed E-state index contributed by atoms with van der Waals surface area (Å²) >= 11 is 0. The van der Waals surface area contributed by atoms with Crippen molar-refractivity contribution in [1.82, 2.24) is 15.5 Å². The summed E-state index contributed by atoms with van der Waals surface area (Å²) in [5, 5.41) is 7.05. The van der Waals surface area contributed by atoms with Crippen LogP contribution >= 0.6 is 0 Å². The molecule has 2 saturated heterocycles. The predicted molar refractivity (Wildman–Crippen MR) is 138 cm³/mol. The lowest BCUT2D eigenvalue weighted by molar-refractivity contribution is 0.0539. The predicted octanol–water partition coefficient (Wildman–Crippen LogP) is 4.65. The molecule has 0 saturated carbocycles. The highest BCUT2D eigenvalue weighted by molar-refractivity contribution is 6.00. The Morgan fingerprint density at radius 3 is 2.77 bits per heavy atom. The standard InChI is InChI=1S/C29H39N3O3/c1-4-34-25-16-21-13-15-32-18-22-12-9-14-30-23(22)17-24(32)26(21)27(28(25)35-5-2)29(33)31-19(3)20-10-7-6-8-11-20/h6-8,10-11,16,19,22-24,30H,4-5,9,12-15,17-18H2,1-3H3,(H,31,33)/t19?,22-,23+,24-/m1/s1. The van der Waals surface area contributed by atoms with Crippen LogP contribution in [0.3, 0.4) is 0 Å². The van der Waals surface area contributed by atoms with Crippen LogP contribution < -0.4 is 20.1 Å². The van der Waals surface area contributed by atoms with Crippen molar-refractivity contribution >= 4 is 5.91 Å². The Hall–Kier alpha value is -2.57. The minimum Gasteiger partial charge on any atom is -0.490 e. The number of piperidine rings is 2. The van der Waals surface area contributed by atoms with E-state index in [0.717, 1.165) is 43.6 Å². The van der Waals surface area contributed by atoms with Crippen LogP contribution in [-0.4, -0.2) is 49.7 Å². The Labute approximate surface area is 209 Å². The van der Waals surface area contributed by atoms with Crippen molar-refractivity contribution in [3.63, 3.8) is 0 Å². The normalized spacial score (nSPS) is 24.5. The third-order valence-electron chi connectivity index (χ3n) is 7.95. The van der Waals surface area contributed by atoms with Crippen LogP contribution in [0.5, 0.6) is 11.5 Å². The lowest BCUT2D eigenvalue weighted by Gasteiger charge is -2.49. The fraction of sp³-hybridized carbons (Fsp3) is 0.552. The van der Waals surface area contributed by atoms with E-state index >= 15 is 0 Å². The van der Waals surface area contributed by atoms with Crippen molar-refractivity contribution in [3.05, 3.63) is 58.7 Å². The molecular weight excluding hydrogens is 438 g/mol. The van der Waals surface area contributed by atoms with Gasteiger partial charge in [0, 0.05) is 25.2 Å². The maximum absolute atomic E-state index is 14.0. The van der Waals surface area contributed by atoms with Crippen LogP contribution in [0.4, 0.5) is 0 Å². The van der Waals surface area contributed by atoms with E-state index in [9.17, 15) is 4.79 Å². The number of nitrogens with one attached hydrogen (secondary N) is 2. The maximum Gasteiger partial charge on any atom is 0.256 e. The molecule has 6 nitrogen and oxygen atoms in total. The molecule has 0 bridgehead atoms. The average Bonchev–Trinajstić information content (AvgIpc) is 2.88. The van der Waals surface area contributed by atoms with Gasteiger partial charge < -0.3 is 20.1 Å². The molecule has 0 aliphatic carbocycles. The smallest absolute Gasteiger partial charge is 0.256 e. The van der Waals surface area contributed by atoms with Crippen molar-refractivity contribution in [3.8, 4) is 11.5 Å². The van der Waals surface area contributed by atoms with Crippen LogP contribution in [0.2, 0.25) is 0 Å². The van der Waals surface area contributed by atoms with Gasteiger partial charge >= 0.3 is 0 Å². The van der Waals surface area contributed by atoms with Gasteiger partial charge in [0.2, 0.25) is 0 Å². The zero-order valence-electron chi connectivity index (χ0n) is 21.3. The molecule has 2 aromatic carbocycles. The number of benzene rings is 2. The first-order chi connectivity index (χ1) is 17.1. The van der Waals surface area contributed by atoms with Gasteiger partial charge in [-0.1, -0.05) is 30.3 Å². The van der Waals surface area contributed by atoms with E-state index in [4.69, 9.17) is 9.47 Å². The lowest BCUT2D eigenvalue weighted by atomic mass is 9.76. The van der Waals surface area contributed by atoms with Gasteiger partial charge in [0.15, 0.2) is 11.5 Å². The number of hydrogen-bond donors (Lipinski definition) is 2. The van der Waals surface area contributed by atoms with Gasteiger partial charge in [-0.05, 0) is 81.7 Å². The lowest BCUT2D eigenvalue weighted by Crippen LogP contribution is -2.55. The summed E-state index contributed by atoms with van der Waals surface area (Å²) in [4.78, 5) is 16.6. The zero-order valence-corrected chi connectivity index (χ0v) is 21.3. The second-order valence-corrected chi connectivity index (χ2v) is 10.1. The average molecular weight is 478 g/mol. The summed E-state index contributed by atoms with van der Waals surface area (Å²) in [5.74, 6) is 1.89. The van der Waals surface area contributed by atoms with Crippen LogP contribution in [0.1, 0.15) is 79.2 Å². The van der Waals surface area contributed by atoms with Gasteiger partial charge in [0.05, 0.1) is 24.8 Å².